The van der Waals surface area contributed by atoms with Gasteiger partial charge in [0.05, 0.1) is 11.5 Å². The minimum Gasteiger partial charge on any atom is -0.464 e. The molecule has 1 aromatic rings. The molecule has 0 aromatic heterocycles. The van der Waals surface area contributed by atoms with Gasteiger partial charge in [-0.3, -0.25) is 14.5 Å². The monoisotopic (exact) mass is 391 g/mol. The fraction of sp³-hybridized carbons (Fsp3) is 0.450. The number of ether oxygens (including phenoxy) is 1. The van der Waals surface area contributed by atoms with Gasteiger partial charge in [-0.1, -0.05) is 82.9 Å². The van der Waals surface area contributed by atoms with Gasteiger partial charge in [-0.15, -0.1) is 0 Å². The number of nitrogens with zero attached hydrogens (tertiary/aromatic N) is 1. The van der Waals surface area contributed by atoms with Gasteiger partial charge < -0.3 is 4.74 Å². The lowest BCUT2D eigenvalue weighted by Gasteiger charge is -2.18. The van der Waals surface area contributed by atoms with E-state index in [1.807, 2.05) is 32.1 Å². The number of carbonyl (C=O) groups excluding carboxylic acids is 2. The van der Waals surface area contributed by atoms with Crippen LogP contribution in [0.5, 0.6) is 0 Å². The molecule has 1 heterocycles. The van der Waals surface area contributed by atoms with Crippen LogP contribution in [0.3, 0.4) is 0 Å². The maximum absolute atomic E-state index is 12.6. The third-order valence-electron chi connectivity index (χ3n) is 3.81. The summed E-state index contributed by atoms with van der Waals surface area (Å²) in [5.41, 5.74) is 2.24. The summed E-state index contributed by atoms with van der Waals surface area (Å²) in [5.74, 6) is -0.437. The summed E-state index contributed by atoms with van der Waals surface area (Å²) in [7, 11) is 0. The van der Waals surface area contributed by atoms with Crippen molar-refractivity contribution in [1.29, 1.82) is 0 Å². The third kappa shape index (κ3) is 5.42. The van der Waals surface area contributed by atoms with E-state index in [2.05, 4.69) is 32.9 Å². The zero-order chi connectivity index (χ0) is 19.5. The van der Waals surface area contributed by atoms with Crippen LogP contribution in [0.25, 0.3) is 6.08 Å². The Hall–Kier alpha value is -1.66. The fourth-order valence-corrected chi connectivity index (χ4v) is 3.56. The van der Waals surface area contributed by atoms with Gasteiger partial charge in [0.25, 0.3) is 5.91 Å². The molecule has 0 unspecified atom stereocenters. The van der Waals surface area contributed by atoms with Gasteiger partial charge in [-0.25, -0.2) is 0 Å². The quantitative estimate of drug-likeness (QED) is 0.423. The van der Waals surface area contributed by atoms with E-state index in [0.717, 1.165) is 5.56 Å². The van der Waals surface area contributed by atoms with E-state index in [1.54, 1.807) is 0 Å². The fourth-order valence-electron chi connectivity index (χ4n) is 2.30. The Bertz CT molecular complexity index is 730. The number of rotatable bonds is 5. The van der Waals surface area contributed by atoms with Gasteiger partial charge in [-0.2, -0.15) is 0 Å². The van der Waals surface area contributed by atoms with Crippen LogP contribution in [-0.2, 0) is 19.7 Å². The Morgan fingerprint density at radius 1 is 1.27 bits per heavy atom. The molecule has 1 aliphatic heterocycles. The molecule has 0 spiro atoms. The minimum atomic E-state index is -0.439. The number of amides is 1. The van der Waals surface area contributed by atoms with Crippen molar-refractivity contribution in [3.8, 4) is 0 Å². The van der Waals surface area contributed by atoms with E-state index in [0.29, 0.717) is 15.8 Å². The Balaban J connectivity index is 2.07. The maximum atomic E-state index is 12.6. The van der Waals surface area contributed by atoms with Crippen molar-refractivity contribution in [3.05, 3.63) is 40.3 Å². The average molecular weight is 392 g/mol. The molecule has 0 bridgehead atoms. The van der Waals surface area contributed by atoms with Crippen LogP contribution in [0, 0.1) is 5.92 Å². The highest BCUT2D eigenvalue weighted by Gasteiger charge is 2.33. The summed E-state index contributed by atoms with van der Waals surface area (Å²) in [6.07, 6.45) is 1.81. The topological polar surface area (TPSA) is 46.6 Å². The lowest BCUT2D eigenvalue weighted by atomic mass is 9.87. The van der Waals surface area contributed by atoms with Crippen molar-refractivity contribution >= 4 is 46.3 Å². The van der Waals surface area contributed by atoms with Gasteiger partial charge >= 0.3 is 5.97 Å². The lowest BCUT2D eigenvalue weighted by molar-refractivity contribution is -0.147. The normalized spacial score (nSPS) is 16.7. The first kappa shape index (κ1) is 20.6. The molecule has 1 amide bonds. The van der Waals surface area contributed by atoms with E-state index in [9.17, 15) is 9.59 Å². The average Bonchev–Trinajstić information content (AvgIpc) is 2.80. The summed E-state index contributed by atoms with van der Waals surface area (Å²) >= 11 is 6.47. The summed E-state index contributed by atoms with van der Waals surface area (Å²) in [5, 5.41) is 0. The van der Waals surface area contributed by atoms with Crippen molar-refractivity contribution in [2.24, 2.45) is 5.92 Å². The van der Waals surface area contributed by atoms with E-state index < -0.39 is 5.97 Å². The first-order valence-corrected chi connectivity index (χ1v) is 9.82. The van der Waals surface area contributed by atoms with Crippen LogP contribution in [0.4, 0.5) is 0 Å². The molecular formula is C20H25NO3S2. The molecule has 0 atom stereocenters. The van der Waals surface area contributed by atoms with Crippen LogP contribution in [0.2, 0.25) is 0 Å². The SMILES string of the molecule is CC(C)COC(=O)CN1C(=O)/C(=C/c2ccc(C(C)(C)C)cc2)SC1=S. The van der Waals surface area contributed by atoms with Crippen molar-refractivity contribution < 1.29 is 14.3 Å². The van der Waals surface area contributed by atoms with Gasteiger partial charge in [0.2, 0.25) is 0 Å². The largest absolute Gasteiger partial charge is 0.464 e. The highest BCUT2D eigenvalue weighted by molar-refractivity contribution is 8.26. The number of thioether (sulfide) groups is 1. The summed E-state index contributed by atoms with van der Waals surface area (Å²) in [6, 6.07) is 8.11. The molecule has 1 aliphatic rings. The number of carbonyl (C=O) groups is 2. The van der Waals surface area contributed by atoms with Crippen LogP contribution in [0.1, 0.15) is 45.7 Å². The highest BCUT2D eigenvalue weighted by atomic mass is 32.2. The molecule has 4 nitrogen and oxygen atoms in total. The zero-order valence-electron chi connectivity index (χ0n) is 15.9. The minimum absolute atomic E-state index is 0.0817. The van der Waals surface area contributed by atoms with Crippen LogP contribution < -0.4 is 0 Å². The van der Waals surface area contributed by atoms with Crippen molar-refractivity contribution in [3.63, 3.8) is 0 Å². The molecule has 0 radical (unpaired) electrons. The molecule has 140 valence electrons. The van der Waals surface area contributed by atoms with E-state index in [1.165, 1.54) is 22.2 Å². The first-order valence-electron chi connectivity index (χ1n) is 8.59. The van der Waals surface area contributed by atoms with Crippen LogP contribution in [-0.4, -0.2) is 34.2 Å². The van der Waals surface area contributed by atoms with Crippen molar-refractivity contribution in [1.82, 2.24) is 4.90 Å². The molecule has 6 heteroatoms. The zero-order valence-corrected chi connectivity index (χ0v) is 17.5. The lowest BCUT2D eigenvalue weighted by Crippen LogP contribution is -2.34. The number of hydrogen-bond acceptors (Lipinski definition) is 5. The molecule has 0 saturated carbocycles. The van der Waals surface area contributed by atoms with Crippen LogP contribution >= 0.6 is 24.0 Å². The van der Waals surface area contributed by atoms with E-state index >= 15 is 0 Å². The van der Waals surface area contributed by atoms with Crippen molar-refractivity contribution in [2.75, 3.05) is 13.2 Å². The number of thiocarbonyl (C=S) groups is 1. The van der Waals surface area contributed by atoms with E-state index in [-0.39, 0.29) is 23.8 Å². The molecule has 2 rings (SSSR count). The van der Waals surface area contributed by atoms with Gasteiger partial charge in [0.1, 0.15) is 10.9 Å². The van der Waals surface area contributed by atoms with Gasteiger partial charge in [0, 0.05) is 0 Å². The summed E-state index contributed by atoms with van der Waals surface area (Å²) in [6.45, 7) is 10.6. The van der Waals surface area contributed by atoms with E-state index in [4.69, 9.17) is 17.0 Å². The maximum Gasteiger partial charge on any atom is 0.326 e. The van der Waals surface area contributed by atoms with Gasteiger partial charge in [0.15, 0.2) is 0 Å². The molecular weight excluding hydrogens is 366 g/mol. The summed E-state index contributed by atoms with van der Waals surface area (Å²) < 4.78 is 5.52. The Kier molecular flexibility index (Phi) is 6.64. The van der Waals surface area contributed by atoms with Crippen LogP contribution in [0.15, 0.2) is 29.2 Å². The molecule has 1 saturated heterocycles. The Morgan fingerprint density at radius 2 is 1.88 bits per heavy atom. The third-order valence-corrected chi connectivity index (χ3v) is 5.19. The highest BCUT2D eigenvalue weighted by Crippen LogP contribution is 2.32. The second-order valence-corrected chi connectivity index (χ2v) is 9.39. The molecule has 26 heavy (non-hydrogen) atoms. The molecule has 1 aromatic carbocycles. The number of hydrogen-bond donors (Lipinski definition) is 0. The molecule has 0 aliphatic carbocycles. The second-order valence-electron chi connectivity index (χ2n) is 7.72. The Morgan fingerprint density at radius 3 is 2.42 bits per heavy atom. The standard InChI is InChI=1S/C20H25NO3S2/c1-13(2)12-24-17(22)11-21-18(23)16(26-19(21)25)10-14-6-8-15(9-7-14)20(3,4)5/h6-10,13H,11-12H2,1-5H3/b16-10-. The molecule has 0 N–H and O–H groups in total. The summed E-state index contributed by atoms with van der Waals surface area (Å²) in [4.78, 5) is 26.3. The predicted molar refractivity (Wildman–Crippen MR) is 111 cm³/mol. The van der Waals surface area contributed by atoms with Crippen molar-refractivity contribution in [2.45, 2.75) is 40.0 Å². The number of esters is 1. The smallest absolute Gasteiger partial charge is 0.326 e. The first-order chi connectivity index (χ1) is 12.1. The molecule has 1 fully saturated rings. The Labute approximate surface area is 165 Å². The second kappa shape index (κ2) is 8.35. The number of benzene rings is 1. The van der Waals surface area contributed by atoms with Gasteiger partial charge in [-0.05, 0) is 28.5 Å². The predicted octanol–water partition coefficient (Wildman–Crippen LogP) is 4.38.